The van der Waals surface area contributed by atoms with Crippen LogP contribution in [-0.4, -0.2) is 35.9 Å². The summed E-state index contributed by atoms with van der Waals surface area (Å²) in [6.45, 7) is 3.40. The molecule has 1 aromatic carbocycles. The molecule has 9 heteroatoms. The van der Waals surface area contributed by atoms with Gasteiger partial charge in [0.1, 0.15) is 11.7 Å². The summed E-state index contributed by atoms with van der Waals surface area (Å²) in [6.07, 6.45) is -5.33. The van der Waals surface area contributed by atoms with Crippen molar-refractivity contribution < 1.29 is 37.3 Å². The van der Waals surface area contributed by atoms with Crippen molar-refractivity contribution in [2.75, 3.05) is 7.11 Å². The standard InChI is InChI=1S/C21H20F3NO5/c1-19(2)8-13(26)16-14(9-19)30-20(28,21(22,23)24)17(18(27)29-3)15(16)12-6-4-11(10-25)5-7-12/h4-7,15,17,28H,8-9H2,1-3H3/t15-,17-,20+/m1/s1. The lowest BCUT2D eigenvalue weighted by Crippen LogP contribution is -2.61. The first-order valence-corrected chi connectivity index (χ1v) is 9.17. The summed E-state index contributed by atoms with van der Waals surface area (Å²) in [7, 11) is 0.894. The molecule has 3 rings (SSSR count). The molecule has 30 heavy (non-hydrogen) atoms. The molecule has 0 fully saturated rings. The second kappa shape index (κ2) is 7.13. The maximum absolute atomic E-state index is 14.0. The Kier molecular flexibility index (Phi) is 5.19. The summed E-state index contributed by atoms with van der Waals surface area (Å²) >= 11 is 0. The minimum atomic E-state index is -5.35. The van der Waals surface area contributed by atoms with E-state index in [0.717, 1.165) is 7.11 Å². The van der Waals surface area contributed by atoms with Gasteiger partial charge in [0.15, 0.2) is 5.78 Å². The molecule has 1 N–H and O–H groups in total. The van der Waals surface area contributed by atoms with Gasteiger partial charge in [0.2, 0.25) is 0 Å². The Morgan fingerprint density at radius 2 is 1.87 bits per heavy atom. The van der Waals surface area contributed by atoms with Crippen molar-refractivity contribution in [3.63, 3.8) is 0 Å². The lowest BCUT2D eigenvalue weighted by Gasteiger charge is -2.47. The quantitative estimate of drug-likeness (QED) is 0.733. The third-order valence-electron chi connectivity index (χ3n) is 5.48. The number of carbonyl (C=O) groups excluding carboxylic acids is 2. The first kappa shape index (κ1) is 21.8. The van der Waals surface area contributed by atoms with Crippen LogP contribution in [0.1, 0.15) is 43.7 Å². The topological polar surface area (TPSA) is 96.6 Å². The van der Waals surface area contributed by atoms with Gasteiger partial charge >= 0.3 is 17.9 Å². The number of hydrogen-bond acceptors (Lipinski definition) is 6. The Hall–Kier alpha value is -2.86. The van der Waals surface area contributed by atoms with Crippen LogP contribution in [0.5, 0.6) is 0 Å². The normalized spacial score (nSPS) is 28.3. The summed E-state index contributed by atoms with van der Waals surface area (Å²) < 4.78 is 51.6. The van der Waals surface area contributed by atoms with Crippen LogP contribution in [0.3, 0.4) is 0 Å². The fraction of sp³-hybridized carbons (Fsp3) is 0.476. The smallest absolute Gasteiger partial charge is 0.456 e. The Morgan fingerprint density at radius 3 is 2.37 bits per heavy atom. The molecule has 1 aromatic rings. The van der Waals surface area contributed by atoms with Crippen molar-refractivity contribution in [2.45, 2.75) is 44.6 Å². The van der Waals surface area contributed by atoms with E-state index in [4.69, 9.17) is 10.00 Å². The Morgan fingerprint density at radius 1 is 1.27 bits per heavy atom. The van der Waals surface area contributed by atoms with E-state index < -0.39 is 41.0 Å². The SMILES string of the molecule is COC(=O)[C@H]1[C@H](c2ccc(C#N)cc2)C2=C(CC(C)(C)CC2=O)O[C@]1(O)C(F)(F)F. The molecule has 0 radical (unpaired) electrons. The molecule has 0 bridgehead atoms. The number of Topliss-reactive ketones (excluding diaryl/α,β-unsaturated/α-hetero) is 1. The summed E-state index contributed by atoms with van der Waals surface area (Å²) in [4.78, 5) is 25.5. The highest BCUT2D eigenvalue weighted by molar-refractivity contribution is 6.00. The molecule has 3 atom stereocenters. The number of rotatable bonds is 2. The van der Waals surface area contributed by atoms with E-state index in [9.17, 15) is 27.9 Å². The predicted molar refractivity (Wildman–Crippen MR) is 96.5 cm³/mol. The van der Waals surface area contributed by atoms with Crippen molar-refractivity contribution in [2.24, 2.45) is 11.3 Å². The lowest BCUT2D eigenvalue weighted by molar-refractivity contribution is -0.378. The van der Waals surface area contributed by atoms with Crippen molar-refractivity contribution >= 4 is 11.8 Å². The maximum atomic E-state index is 14.0. The van der Waals surface area contributed by atoms with E-state index >= 15 is 0 Å². The van der Waals surface area contributed by atoms with Gasteiger partial charge in [-0.1, -0.05) is 26.0 Å². The summed E-state index contributed by atoms with van der Waals surface area (Å²) in [5, 5.41) is 19.6. The summed E-state index contributed by atoms with van der Waals surface area (Å²) in [5.74, 6) is -9.72. The second-order valence-corrected chi connectivity index (χ2v) is 8.29. The highest BCUT2D eigenvalue weighted by atomic mass is 19.4. The largest absolute Gasteiger partial charge is 0.469 e. The van der Waals surface area contributed by atoms with Crippen LogP contribution >= 0.6 is 0 Å². The lowest BCUT2D eigenvalue weighted by atomic mass is 9.66. The minimum Gasteiger partial charge on any atom is -0.469 e. The predicted octanol–water partition coefficient (Wildman–Crippen LogP) is 3.36. The number of benzene rings is 1. The van der Waals surface area contributed by atoms with E-state index in [1.807, 2.05) is 6.07 Å². The van der Waals surface area contributed by atoms with Gasteiger partial charge in [-0.15, -0.1) is 0 Å². The number of halogens is 3. The Bertz CT molecular complexity index is 958. The van der Waals surface area contributed by atoms with Crippen LogP contribution < -0.4 is 0 Å². The molecule has 0 aromatic heterocycles. The van der Waals surface area contributed by atoms with Crippen LogP contribution in [0.25, 0.3) is 0 Å². The van der Waals surface area contributed by atoms with Gasteiger partial charge in [0, 0.05) is 24.3 Å². The number of allylic oxidation sites excluding steroid dienone is 2. The van der Waals surface area contributed by atoms with Crippen molar-refractivity contribution in [1.29, 1.82) is 5.26 Å². The van der Waals surface area contributed by atoms with Crippen LogP contribution in [0.4, 0.5) is 13.2 Å². The van der Waals surface area contributed by atoms with Gasteiger partial charge in [-0.2, -0.15) is 18.4 Å². The van der Waals surface area contributed by atoms with Crippen LogP contribution in [0.15, 0.2) is 35.6 Å². The van der Waals surface area contributed by atoms with Crippen LogP contribution in [0.2, 0.25) is 0 Å². The second-order valence-electron chi connectivity index (χ2n) is 8.29. The zero-order chi connectivity index (χ0) is 22.5. The molecule has 2 aliphatic rings. The molecule has 6 nitrogen and oxygen atoms in total. The number of alkyl halides is 3. The number of aliphatic hydroxyl groups is 1. The van der Waals surface area contributed by atoms with E-state index in [1.54, 1.807) is 13.8 Å². The highest BCUT2D eigenvalue weighted by Crippen LogP contribution is 2.56. The summed E-state index contributed by atoms with van der Waals surface area (Å²) in [6, 6.07) is 7.34. The molecule has 1 aliphatic carbocycles. The number of esters is 1. The van der Waals surface area contributed by atoms with Gasteiger partial charge in [-0.25, -0.2) is 0 Å². The van der Waals surface area contributed by atoms with Crippen LogP contribution in [-0.2, 0) is 19.1 Å². The fourth-order valence-corrected chi connectivity index (χ4v) is 4.14. The number of ketones is 1. The molecular formula is C21H20F3NO5. The molecule has 0 amide bonds. The molecule has 0 saturated heterocycles. The number of nitriles is 1. The number of methoxy groups -OCH3 is 1. The molecule has 1 heterocycles. The number of nitrogens with zero attached hydrogens (tertiary/aromatic N) is 1. The Labute approximate surface area is 170 Å². The van der Waals surface area contributed by atoms with E-state index in [-0.39, 0.29) is 35.3 Å². The third kappa shape index (κ3) is 3.45. The van der Waals surface area contributed by atoms with Gasteiger partial charge in [0.25, 0.3) is 0 Å². The number of ether oxygens (including phenoxy) is 2. The van der Waals surface area contributed by atoms with Gasteiger partial charge in [-0.05, 0) is 23.1 Å². The zero-order valence-electron chi connectivity index (χ0n) is 16.5. The van der Waals surface area contributed by atoms with Crippen LogP contribution in [0, 0.1) is 22.7 Å². The van der Waals surface area contributed by atoms with Gasteiger partial charge in [-0.3, -0.25) is 9.59 Å². The van der Waals surface area contributed by atoms with E-state index in [2.05, 4.69) is 4.74 Å². The molecule has 0 unspecified atom stereocenters. The maximum Gasteiger partial charge on any atom is 0.456 e. The summed E-state index contributed by atoms with van der Waals surface area (Å²) in [5.41, 5.74) is -0.355. The van der Waals surface area contributed by atoms with E-state index in [0.29, 0.717) is 0 Å². The van der Waals surface area contributed by atoms with Crippen molar-refractivity contribution in [1.82, 2.24) is 0 Å². The van der Waals surface area contributed by atoms with Gasteiger partial charge < -0.3 is 14.6 Å². The molecule has 0 saturated carbocycles. The van der Waals surface area contributed by atoms with Crippen molar-refractivity contribution in [3.8, 4) is 6.07 Å². The molecule has 0 spiro atoms. The zero-order valence-corrected chi connectivity index (χ0v) is 16.5. The Balaban J connectivity index is 2.31. The molecule has 160 valence electrons. The van der Waals surface area contributed by atoms with Gasteiger partial charge in [0.05, 0.1) is 18.7 Å². The number of hydrogen-bond donors (Lipinski definition) is 1. The average Bonchev–Trinajstić information content (AvgIpc) is 2.64. The average molecular weight is 423 g/mol. The monoisotopic (exact) mass is 423 g/mol. The number of carbonyl (C=O) groups is 2. The molecule has 1 aliphatic heterocycles. The van der Waals surface area contributed by atoms with Crippen molar-refractivity contribution in [3.05, 3.63) is 46.7 Å². The first-order chi connectivity index (χ1) is 13.8. The molecular weight excluding hydrogens is 403 g/mol. The third-order valence-corrected chi connectivity index (χ3v) is 5.48. The highest BCUT2D eigenvalue weighted by Gasteiger charge is 2.70. The minimum absolute atomic E-state index is 0.0207. The first-order valence-electron chi connectivity index (χ1n) is 9.17. The fourth-order valence-electron chi connectivity index (χ4n) is 4.14. The van der Waals surface area contributed by atoms with E-state index in [1.165, 1.54) is 24.3 Å².